The van der Waals surface area contributed by atoms with Gasteiger partial charge in [-0.1, -0.05) is 30.3 Å². The predicted octanol–water partition coefficient (Wildman–Crippen LogP) is 2.89. The molecule has 10 heteroatoms. The largest absolute Gasteiger partial charge is 0.369 e. The van der Waals surface area contributed by atoms with Gasteiger partial charge in [0.15, 0.2) is 0 Å². The van der Waals surface area contributed by atoms with Gasteiger partial charge in [-0.15, -0.1) is 0 Å². The van der Waals surface area contributed by atoms with Crippen molar-refractivity contribution < 1.29 is 8.42 Å². The molecule has 4 aromatic rings. The van der Waals surface area contributed by atoms with Gasteiger partial charge in [-0.05, 0) is 32.0 Å². The topological polar surface area (TPSA) is 92.8 Å². The maximum Gasteiger partial charge on any atom is 0.267 e. The second-order valence-electron chi connectivity index (χ2n) is 9.05. The van der Waals surface area contributed by atoms with E-state index in [2.05, 4.69) is 11.0 Å². The highest BCUT2D eigenvalue weighted by molar-refractivity contribution is 7.88. The quantitative estimate of drug-likeness (QED) is 0.425. The van der Waals surface area contributed by atoms with Gasteiger partial charge in [0.2, 0.25) is 10.0 Å². The van der Waals surface area contributed by atoms with Gasteiger partial charge in [0.05, 0.1) is 29.1 Å². The van der Waals surface area contributed by atoms with E-state index < -0.39 is 10.0 Å². The van der Waals surface area contributed by atoms with Crippen LogP contribution < -0.4 is 10.5 Å². The minimum Gasteiger partial charge on any atom is -0.369 e. The summed E-state index contributed by atoms with van der Waals surface area (Å²) >= 11 is 0. The summed E-state index contributed by atoms with van der Waals surface area (Å²) in [6.45, 7) is 5.98. The van der Waals surface area contributed by atoms with E-state index in [9.17, 15) is 13.2 Å². The Hall–Kier alpha value is -3.50. The first-order valence-electron chi connectivity index (χ1n) is 11.6. The van der Waals surface area contributed by atoms with Gasteiger partial charge in [-0.25, -0.2) is 17.6 Å². The van der Waals surface area contributed by atoms with Crippen LogP contribution in [-0.4, -0.2) is 64.6 Å². The number of sulfonamides is 1. The van der Waals surface area contributed by atoms with E-state index in [0.29, 0.717) is 31.9 Å². The fraction of sp³-hybridized carbons (Fsp3) is 0.320. The summed E-state index contributed by atoms with van der Waals surface area (Å²) in [5, 5.41) is 9.56. The lowest BCUT2D eigenvalue weighted by Crippen LogP contribution is -2.48. The highest BCUT2D eigenvalue weighted by atomic mass is 32.2. The van der Waals surface area contributed by atoms with Gasteiger partial charge >= 0.3 is 0 Å². The van der Waals surface area contributed by atoms with E-state index in [1.807, 2.05) is 61.0 Å². The Kier molecular flexibility index (Phi) is 5.94. The Balaban J connectivity index is 1.64. The molecule has 1 saturated heterocycles. The van der Waals surface area contributed by atoms with Crippen molar-refractivity contribution in [3.8, 4) is 22.5 Å². The zero-order valence-electron chi connectivity index (χ0n) is 20.0. The first-order valence-corrected chi connectivity index (χ1v) is 13.5. The summed E-state index contributed by atoms with van der Waals surface area (Å²) in [6.07, 6.45) is 3.17. The summed E-state index contributed by atoms with van der Waals surface area (Å²) in [5.74, 6) is 0. The van der Waals surface area contributed by atoms with Crippen molar-refractivity contribution in [3.63, 3.8) is 0 Å². The summed E-state index contributed by atoms with van der Waals surface area (Å²) in [4.78, 5) is 14.6. The molecule has 1 aromatic carbocycles. The van der Waals surface area contributed by atoms with Gasteiger partial charge in [0.1, 0.15) is 5.69 Å². The minimum absolute atomic E-state index is 0.0776. The molecule has 3 aromatic heterocycles. The number of hydrogen-bond donors (Lipinski definition) is 0. The van der Waals surface area contributed by atoms with Crippen molar-refractivity contribution in [2.75, 3.05) is 37.3 Å². The van der Waals surface area contributed by atoms with Gasteiger partial charge in [0.25, 0.3) is 5.56 Å². The molecule has 0 bridgehead atoms. The molecule has 5 rings (SSSR count). The zero-order valence-corrected chi connectivity index (χ0v) is 20.8. The third-order valence-electron chi connectivity index (χ3n) is 6.31. The molecule has 182 valence electrons. The van der Waals surface area contributed by atoms with Crippen LogP contribution in [0.1, 0.15) is 19.9 Å². The standard InChI is InChI=1S/C25H28N6O3S/c1-18(2)31-23(32)10-9-21(26-31)24-22-17-20(28-13-15-29(16-14-28)35(3,33)34)11-12-30(22)27-25(24)19-7-5-4-6-8-19/h4-12,17-18H,13-16H2,1-3H3. The maximum absolute atomic E-state index is 12.4. The molecule has 0 aliphatic carbocycles. The number of benzene rings is 1. The molecular formula is C25H28N6O3S. The molecule has 35 heavy (non-hydrogen) atoms. The SMILES string of the molecule is CC(C)n1nc(-c2c(-c3ccccc3)nn3ccc(N4CCN(S(C)(=O)=O)CC4)cc23)ccc1=O. The van der Waals surface area contributed by atoms with Crippen LogP contribution in [0.5, 0.6) is 0 Å². The molecule has 4 heterocycles. The van der Waals surface area contributed by atoms with Crippen LogP contribution in [0.15, 0.2) is 65.6 Å². The number of aromatic nitrogens is 4. The Labute approximate surface area is 204 Å². The Morgan fingerprint density at radius 2 is 1.63 bits per heavy atom. The second kappa shape index (κ2) is 8.94. The normalized spacial score (nSPS) is 15.3. The van der Waals surface area contributed by atoms with Crippen molar-refractivity contribution >= 4 is 21.2 Å². The third-order valence-corrected chi connectivity index (χ3v) is 7.61. The fourth-order valence-corrected chi connectivity index (χ4v) is 5.31. The molecule has 0 spiro atoms. The number of fused-ring (bicyclic) bond motifs is 1. The number of hydrogen-bond acceptors (Lipinski definition) is 6. The Bertz CT molecular complexity index is 1530. The molecule has 0 atom stereocenters. The first-order chi connectivity index (χ1) is 16.7. The van der Waals surface area contributed by atoms with Crippen LogP contribution in [0.3, 0.4) is 0 Å². The number of nitrogens with zero attached hydrogens (tertiary/aromatic N) is 6. The Morgan fingerprint density at radius 1 is 0.914 bits per heavy atom. The molecule has 0 N–H and O–H groups in total. The van der Waals surface area contributed by atoms with Gasteiger partial charge in [-0.3, -0.25) is 4.79 Å². The summed E-state index contributed by atoms with van der Waals surface area (Å²) in [7, 11) is -3.19. The van der Waals surface area contributed by atoms with Crippen LogP contribution in [-0.2, 0) is 10.0 Å². The van der Waals surface area contributed by atoms with Crippen molar-refractivity contribution in [2.45, 2.75) is 19.9 Å². The molecule has 1 aliphatic heterocycles. The lowest BCUT2D eigenvalue weighted by Gasteiger charge is -2.34. The van der Waals surface area contributed by atoms with Crippen LogP contribution in [0, 0.1) is 0 Å². The van der Waals surface area contributed by atoms with E-state index in [1.165, 1.54) is 15.2 Å². The highest BCUT2D eigenvalue weighted by Gasteiger charge is 2.25. The van der Waals surface area contributed by atoms with Crippen LogP contribution in [0.25, 0.3) is 28.0 Å². The van der Waals surface area contributed by atoms with E-state index >= 15 is 0 Å². The van der Waals surface area contributed by atoms with E-state index in [-0.39, 0.29) is 11.6 Å². The lowest BCUT2D eigenvalue weighted by molar-refractivity contribution is 0.388. The highest BCUT2D eigenvalue weighted by Crippen LogP contribution is 2.35. The number of pyridine rings is 1. The molecule has 1 aliphatic rings. The molecule has 0 unspecified atom stereocenters. The van der Waals surface area contributed by atoms with Crippen molar-refractivity contribution in [3.05, 3.63) is 71.1 Å². The maximum atomic E-state index is 12.4. The monoisotopic (exact) mass is 492 g/mol. The summed E-state index contributed by atoms with van der Waals surface area (Å²) < 4.78 is 28.6. The average molecular weight is 493 g/mol. The minimum atomic E-state index is -3.19. The average Bonchev–Trinajstić information content (AvgIpc) is 3.23. The summed E-state index contributed by atoms with van der Waals surface area (Å²) in [6, 6.07) is 17.2. The smallest absolute Gasteiger partial charge is 0.267 e. The van der Waals surface area contributed by atoms with Crippen molar-refractivity contribution in [1.29, 1.82) is 0 Å². The molecule has 9 nitrogen and oxygen atoms in total. The number of rotatable bonds is 5. The third kappa shape index (κ3) is 4.46. The first kappa shape index (κ1) is 23.3. The Morgan fingerprint density at radius 3 is 2.29 bits per heavy atom. The number of piperazine rings is 1. The lowest BCUT2D eigenvalue weighted by atomic mass is 10.0. The second-order valence-corrected chi connectivity index (χ2v) is 11.0. The van der Waals surface area contributed by atoms with Gasteiger partial charge < -0.3 is 4.90 Å². The molecule has 0 radical (unpaired) electrons. The van der Waals surface area contributed by atoms with E-state index in [0.717, 1.165) is 28.0 Å². The fourth-order valence-electron chi connectivity index (χ4n) is 4.49. The van der Waals surface area contributed by atoms with Crippen LogP contribution in [0.2, 0.25) is 0 Å². The zero-order chi connectivity index (χ0) is 24.7. The molecule has 1 fully saturated rings. The van der Waals surface area contributed by atoms with E-state index in [1.54, 1.807) is 12.1 Å². The van der Waals surface area contributed by atoms with Crippen LogP contribution in [0.4, 0.5) is 5.69 Å². The molecular weight excluding hydrogens is 464 g/mol. The van der Waals surface area contributed by atoms with Crippen LogP contribution >= 0.6 is 0 Å². The van der Waals surface area contributed by atoms with Gasteiger partial charge in [0, 0.05) is 49.7 Å². The molecule has 0 saturated carbocycles. The van der Waals surface area contributed by atoms with Crippen molar-refractivity contribution in [2.24, 2.45) is 0 Å². The summed E-state index contributed by atoms with van der Waals surface area (Å²) in [5.41, 5.74) is 4.97. The van der Waals surface area contributed by atoms with Gasteiger partial charge in [-0.2, -0.15) is 14.5 Å². The number of anilines is 1. The predicted molar refractivity (Wildman–Crippen MR) is 137 cm³/mol. The van der Waals surface area contributed by atoms with E-state index in [4.69, 9.17) is 10.2 Å². The van der Waals surface area contributed by atoms with Crippen molar-refractivity contribution in [1.82, 2.24) is 23.7 Å². The molecule has 0 amide bonds.